The van der Waals surface area contributed by atoms with Gasteiger partial charge in [0.05, 0.1) is 6.61 Å². The molecule has 2 aromatic rings. The predicted molar refractivity (Wildman–Crippen MR) is 66.4 cm³/mol. The molecular formula is C14H17NO. The second-order valence-electron chi connectivity index (χ2n) is 5.10. The molecule has 84 valence electrons. The Balaban J connectivity index is 2.80. The van der Waals surface area contributed by atoms with Crippen LogP contribution >= 0.6 is 0 Å². The highest BCUT2D eigenvalue weighted by Gasteiger charge is 2.17. The minimum atomic E-state index is 0.0743. The van der Waals surface area contributed by atoms with Crippen LogP contribution in [0.5, 0.6) is 0 Å². The number of fused-ring (bicyclic) bond motifs is 1. The van der Waals surface area contributed by atoms with Gasteiger partial charge < -0.3 is 5.11 Å². The van der Waals surface area contributed by atoms with E-state index in [9.17, 15) is 5.11 Å². The van der Waals surface area contributed by atoms with E-state index in [1.807, 2.05) is 18.3 Å². The smallest absolute Gasteiger partial charge is 0.0687 e. The summed E-state index contributed by atoms with van der Waals surface area (Å²) in [5, 5.41) is 11.6. The number of aliphatic hydroxyl groups is 1. The van der Waals surface area contributed by atoms with Crippen molar-refractivity contribution >= 4 is 10.8 Å². The summed E-state index contributed by atoms with van der Waals surface area (Å²) in [6, 6.07) is 6.06. The van der Waals surface area contributed by atoms with E-state index >= 15 is 0 Å². The summed E-state index contributed by atoms with van der Waals surface area (Å²) in [5.74, 6) is 0. The molecule has 0 saturated carbocycles. The fraction of sp³-hybridized carbons (Fsp3) is 0.357. The number of hydrogen-bond donors (Lipinski definition) is 1. The topological polar surface area (TPSA) is 33.1 Å². The van der Waals surface area contributed by atoms with Gasteiger partial charge in [-0.25, -0.2) is 0 Å². The maximum absolute atomic E-state index is 9.31. The molecule has 16 heavy (non-hydrogen) atoms. The summed E-state index contributed by atoms with van der Waals surface area (Å²) in [4.78, 5) is 4.18. The average Bonchev–Trinajstić information content (AvgIpc) is 2.26. The first-order chi connectivity index (χ1) is 7.54. The maximum atomic E-state index is 9.31. The Kier molecular flexibility index (Phi) is 2.68. The molecule has 0 spiro atoms. The van der Waals surface area contributed by atoms with Crippen molar-refractivity contribution < 1.29 is 5.11 Å². The molecule has 0 amide bonds. The highest BCUT2D eigenvalue weighted by Crippen LogP contribution is 2.31. The summed E-state index contributed by atoms with van der Waals surface area (Å²) in [5.41, 5.74) is 2.33. The Morgan fingerprint density at radius 1 is 1.12 bits per heavy atom. The zero-order valence-corrected chi connectivity index (χ0v) is 9.99. The fourth-order valence-corrected chi connectivity index (χ4v) is 2.04. The van der Waals surface area contributed by atoms with Crippen LogP contribution in [0.2, 0.25) is 0 Å². The molecule has 0 atom stereocenters. The van der Waals surface area contributed by atoms with Crippen molar-refractivity contribution in [3.63, 3.8) is 0 Å². The van der Waals surface area contributed by atoms with Gasteiger partial charge in [-0.2, -0.15) is 0 Å². The first-order valence-corrected chi connectivity index (χ1v) is 5.51. The van der Waals surface area contributed by atoms with Crippen molar-refractivity contribution in [3.05, 3.63) is 41.7 Å². The summed E-state index contributed by atoms with van der Waals surface area (Å²) < 4.78 is 0. The SMILES string of the molecule is CC(C)(C)c1ccc(CO)c2ccncc12. The van der Waals surface area contributed by atoms with Gasteiger partial charge in [0.1, 0.15) is 0 Å². The van der Waals surface area contributed by atoms with Gasteiger partial charge in [0, 0.05) is 17.8 Å². The van der Waals surface area contributed by atoms with Gasteiger partial charge in [0.2, 0.25) is 0 Å². The number of hydrogen-bond acceptors (Lipinski definition) is 2. The van der Waals surface area contributed by atoms with E-state index in [1.165, 1.54) is 5.56 Å². The zero-order chi connectivity index (χ0) is 11.8. The number of benzene rings is 1. The van der Waals surface area contributed by atoms with Gasteiger partial charge in [-0.05, 0) is 28.0 Å². The molecule has 0 saturated heterocycles. The van der Waals surface area contributed by atoms with Crippen molar-refractivity contribution in [3.8, 4) is 0 Å². The Labute approximate surface area is 96.0 Å². The van der Waals surface area contributed by atoms with Crippen molar-refractivity contribution in [1.29, 1.82) is 0 Å². The van der Waals surface area contributed by atoms with E-state index in [-0.39, 0.29) is 12.0 Å². The normalized spacial score (nSPS) is 12.0. The molecule has 0 aliphatic rings. The maximum Gasteiger partial charge on any atom is 0.0687 e. The molecule has 1 N–H and O–H groups in total. The standard InChI is InChI=1S/C14H17NO/c1-14(2,3)13-5-4-10(9-16)11-6-7-15-8-12(11)13/h4-8,16H,9H2,1-3H3. The Morgan fingerprint density at radius 3 is 2.50 bits per heavy atom. The molecule has 0 bridgehead atoms. The van der Waals surface area contributed by atoms with Crippen LogP contribution in [-0.4, -0.2) is 10.1 Å². The molecule has 1 heterocycles. The van der Waals surface area contributed by atoms with Gasteiger partial charge in [0.15, 0.2) is 0 Å². The Hall–Kier alpha value is -1.41. The lowest BCUT2D eigenvalue weighted by atomic mass is 9.83. The monoisotopic (exact) mass is 215 g/mol. The number of aliphatic hydroxyl groups excluding tert-OH is 1. The Bertz CT molecular complexity index is 512. The third-order valence-corrected chi connectivity index (χ3v) is 2.89. The van der Waals surface area contributed by atoms with E-state index in [4.69, 9.17) is 0 Å². The summed E-state index contributed by atoms with van der Waals surface area (Å²) in [6.45, 7) is 6.64. The van der Waals surface area contributed by atoms with Crippen molar-refractivity contribution in [2.75, 3.05) is 0 Å². The van der Waals surface area contributed by atoms with Crippen LogP contribution in [0, 0.1) is 0 Å². The molecule has 2 nitrogen and oxygen atoms in total. The number of aromatic nitrogens is 1. The number of nitrogens with zero attached hydrogens (tertiary/aromatic N) is 1. The highest BCUT2D eigenvalue weighted by atomic mass is 16.3. The van der Waals surface area contributed by atoms with Crippen LogP contribution < -0.4 is 0 Å². The second kappa shape index (κ2) is 3.87. The van der Waals surface area contributed by atoms with E-state index in [0.717, 1.165) is 16.3 Å². The van der Waals surface area contributed by atoms with Crippen LogP contribution in [0.25, 0.3) is 10.8 Å². The Morgan fingerprint density at radius 2 is 1.88 bits per heavy atom. The van der Waals surface area contributed by atoms with E-state index in [1.54, 1.807) is 6.20 Å². The molecule has 1 aromatic heterocycles. The molecule has 0 fully saturated rings. The molecule has 2 heteroatoms. The predicted octanol–water partition coefficient (Wildman–Crippen LogP) is 3.02. The van der Waals surface area contributed by atoms with E-state index in [0.29, 0.717) is 0 Å². The zero-order valence-electron chi connectivity index (χ0n) is 9.99. The first-order valence-electron chi connectivity index (χ1n) is 5.51. The minimum absolute atomic E-state index is 0.0743. The van der Waals surface area contributed by atoms with Gasteiger partial charge in [-0.15, -0.1) is 0 Å². The molecule has 2 rings (SSSR count). The van der Waals surface area contributed by atoms with Gasteiger partial charge in [-0.3, -0.25) is 4.98 Å². The highest BCUT2D eigenvalue weighted by molar-refractivity contribution is 5.88. The third-order valence-electron chi connectivity index (χ3n) is 2.89. The van der Waals surface area contributed by atoms with Crippen LogP contribution in [0.1, 0.15) is 31.9 Å². The van der Waals surface area contributed by atoms with E-state index < -0.39 is 0 Å². The van der Waals surface area contributed by atoms with Crippen LogP contribution in [0.4, 0.5) is 0 Å². The quantitative estimate of drug-likeness (QED) is 0.793. The lowest BCUT2D eigenvalue weighted by Gasteiger charge is -2.22. The first kappa shape index (κ1) is 11.1. The summed E-state index contributed by atoms with van der Waals surface area (Å²) in [7, 11) is 0. The van der Waals surface area contributed by atoms with Crippen LogP contribution in [0.15, 0.2) is 30.6 Å². The largest absolute Gasteiger partial charge is 0.392 e. The molecular weight excluding hydrogens is 198 g/mol. The van der Waals surface area contributed by atoms with E-state index in [2.05, 4.69) is 31.8 Å². The molecule has 0 radical (unpaired) electrons. The number of pyridine rings is 1. The minimum Gasteiger partial charge on any atom is -0.392 e. The van der Waals surface area contributed by atoms with Crippen LogP contribution in [0.3, 0.4) is 0 Å². The van der Waals surface area contributed by atoms with Crippen molar-refractivity contribution in [1.82, 2.24) is 4.98 Å². The molecule has 0 aliphatic heterocycles. The van der Waals surface area contributed by atoms with Gasteiger partial charge in [-0.1, -0.05) is 32.9 Å². The van der Waals surface area contributed by atoms with Crippen LogP contribution in [-0.2, 0) is 12.0 Å². The summed E-state index contributed by atoms with van der Waals surface area (Å²) >= 11 is 0. The third kappa shape index (κ3) is 1.81. The van der Waals surface area contributed by atoms with Gasteiger partial charge in [0.25, 0.3) is 0 Å². The average molecular weight is 215 g/mol. The van der Waals surface area contributed by atoms with Crippen molar-refractivity contribution in [2.45, 2.75) is 32.8 Å². The lowest BCUT2D eigenvalue weighted by molar-refractivity contribution is 0.283. The lowest BCUT2D eigenvalue weighted by Crippen LogP contribution is -2.12. The number of rotatable bonds is 1. The fourth-order valence-electron chi connectivity index (χ4n) is 2.04. The second-order valence-corrected chi connectivity index (χ2v) is 5.10. The molecule has 0 aliphatic carbocycles. The van der Waals surface area contributed by atoms with Crippen molar-refractivity contribution in [2.24, 2.45) is 0 Å². The van der Waals surface area contributed by atoms with Gasteiger partial charge >= 0.3 is 0 Å². The molecule has 1 aromatic carbocycles. The summed E-state index contributed by atoms with van der Waals surface area (Å²) in [6.07, 6.45) is 3.66. The molecule has 0 unspecified atom stereocenters.